The summed E-state index contributed by atoms with van der Waals surface area (Å²) in [6.45, 7) is 0. The number of hydrogen-bond donors (Lipinski definition) is 0. The Hall–Kier alpha value is -0.550. The maximum absolute atomic E-state index is 11.2. The molecule has 1 saturated heterocycles. The molecule has 0 aliphatic carbocycles. The van der Waals surface area contributed by atoms with E-state index in [1.807, 2.05) is 0 Å². The van der Waals surface area contributed by atoms with Crippen LogP contribution >= 0.6 is 11.6 Å². The minimum absolute atomic E-state index is 0.119. The maximum Gasteiger partial charge on any atom is 0.292 e. The van der Waals surface area contributed by atoms with E-state index >= 15 is 0 Å². The van der Waals surface area contributed by atoms with Gasteiger partial charge in [0.2, 0.25) is 0 Å². The van der Waals surface area contributed by atoms with Crippen LogP contribution in [-0.2, 0) is 9.84 Å². The van der Waals surface area contributed by atoms with Crippen LogP contribution in [0.15, 0.2) is 10.6 Å². The molecule has 0 atom stereocenters. The molecule has 2 heterocycles. The third-order valence-electron chi connectivity index (χ3n) is 2.45. The van der Waals surface area contributed by atoms with Crippen molar-refractivity contribution in [1.82, 2.24) is 4.98 Å². The van der Waals surface area contributed by atoms with Crippen LogP contribution in [0.3, 0.4) is 0 Å². The van der Waals surface area contributed by atoms with Gasteiger partial charge < -0.3 is 4.42 Å². The van der Waals surface area contributed by atoms with E-state index in [1.165, 1.54) is 0 Å². The fraction of sp³-hybridized carbons (Fsp3) is 0.625. The van der Waals surface area contributed by atoms with Crippen molar-refractivity contribution >= 4 is 21.4 Å². The molecule has 6 heteroatoms. The summed E-state index contributed by atoms with van der Waals surface area (Å²) in [5, 5.41) is 0.119. The molecule has 1 fully saturated rings. The molecule has 0 N–H and O–H groups in total. The average molecular weight is 236 g/mol. The third-order valence-corrected chi connectivity index (χ3v) is 4.34. The molecule has 0 saturated carbocycles. The first kappa shape index (κ1) is 9.98. The second-order valence-electron chi connectivity index (χ2n) is 3.44. The van der Waals surface area contributed by atoms with Crippen LogP contribution in [0, 0.1) is 0 Å². The second kappa shape index (κ2) is 3.55. The summed E-state index contributed by atoms with van der Waals surface area (Å²) in [4.78, 5) is 3.78. The van der Waals surface area contributed by atoms with Crippen LogP contribution in [-0.4, -0.2) is 24.9 Å². The lowest BCUT2D eigenvalue weighted by Gasteiger charge is -2.19. The van der Waals surface area contributed by atoms with Crippen molar-refractivity contribution in [3.8, 4) is 0 Å². The van der Waals surface area contributed by atoms with Gasteiger partial charge in [0.25, 0.3) is 5.35 Å². The van der Waals surface area contributed by atoms with Gasteiger partial charge in [0.15, 0.2) is 0 Å². The molecule has 1 aliphatic rings. The minimum Gasteiger partial charge on any atom is -0.433 e. The molecule has 0 unspecified atom stereocenters. The Morgan fingerprint density at radius 3 is 2.57 bits per heavy atom. The van der Waals surface area contributed by atoms with E-state index in [2.05, 4.69) is 4.98 Å². The van der Waals surface area contributed by atoms with Crippen LogP contribution in [0.4, 0.5) is 0 Å². The van der Waals surface area contributed by atoms with Crippen LogP contribution in [0.25, 0.3) is 0 Å². The Morgan fingerprint density at radius 1 is 1.43 bits per heavy atom. The molecule has 1 aliphatic heterocycles. The fourth-order valence-corrected chi connectivity index (χ4v) is 3.26. The van der Waals surface area contributed by atoms with E-state index in [0.29, 0.717) is 18.6 Å². The Bertz CT molecular complexity index is 412. The molecule has 4 nitrogen and oxygen atoms in total. The standard InChI is InChI=1S/C8H10ClNO3S/c9-8-10-5-7(13-8)6-1-3-14(11,12)4-2-6/h5-6H,1-4H2. The van der Waals surface area contributed by atoms with Crippen molar-refractivity contribution < 1.29 is 12.8 Å². The normalized spacial score (nSPS) is 22.4. The van der Waals surface area contributed by atoms with Crippen molar-refractivity contribution in [2.45, 2.75) is 18.8 Å². The number of oxazole rings is 1. The first-order chi connectivity index (χ1) is 6.57. The zero-order valence-corrected chi connectivity index (χ0v) is 9.01. The van der Waals surface area contributed by atoms with E-state index < -0.39 is 9.84 Å². The fourth-order valence-electron chi connectivity index (χ4n) is 1.63. The van der Waals surface area contributed by atoms with Crippen LogP contribution in [0.1, 0.15) is 24.5 Å². The summed E-state index contributed by atoms with van der Waals surface area (Å²) >= 11 is 5.54. The smallest absolute Gasteiger partial charge is 0.292 e. The number of rotatable bonds is 1. The summed E-state index contributed by atoms with van der Waals surface area (Å²) in [7, 11) is -2.81. The van der Waals surface area contributed by atoms with Crippen molar-refractivity contribution in [1.29, 1.82) is 0 Å². The second-order valence-corrected chi connectivity index (χ2v) is 6.07. The third kappa shape index (κ3) is 2.09. The molecule has 2 rings (SSSR count). The topological polar surface area (TPSA) is 60.2 Å². The summed E-state index contributed by atoms with van der Waals surface area (Å²) in [5.41, 5.74) is 0. The van der Waals surface area contributed by atoms with E-state index in [1.54, 1.807) is 6.20 Å². The van der Waals surface area contributed by atoms with Gasteiger partial charge in [-0.25, -0.2) is 13.4 Å². The molecular formula is C8H10ClNO3S. The Labute approximate surface area is 87.2 Å². The molecule has 0 bridgehead atoms. The Morgan fingerprint density at radius 2 is 2.07 bits per heavy atom. The van der Waals surface area contributed by atoms with Gasteiger partial charge in [-0.1, -0.05) is 0 Å². The van der Waals surface area contributed by atoms with Crippen LogP contribution < -0.4 is 0 Å². The largest absolute Gasteiger partial charge is 0.433 e. The van der Waals surface area contributed by atoms with Crippen LogP contribution in [0.5, 0.6) is 0 Å². The Kier molecular flexibility index (Phi) is 2.53. The highest BCUT2D eigenvalue weighted by Crippen LogP contribution is 2.30. The molecular weight excluding hydrogens is 226 g/mol. The van der Waals surface area contributed by atoms with E-state index in [-0.39, 0.29) is 22.8 Å². The molecule has 14 heavy (non-hydrogen) atoms. The van der Waals surface area contributed by atoms with Gasteiger partial charge in [-0.2, -0.15) is 0 Å². The first-order valence-corrected chi connectivity index (χ1v) is 6.58. The van der Waals surface area contributed by atoms with Gasteiger partial charge >= 0.3 is 0 Å². The van der Waals surface area contributed by atoms with Crippen LogP contribution in [0.2, 0.25) is 5.35 Å². The minimum atomic E-state index is -2.81. The van der Waals surface area contributed by atoms with E-state index in [9.17, 15) is 8.42 Å². The van der Waals surface area contributed by atoms with Gasteiger partial charge in [-0.15, -0.1) is 0 Å². The quantitative estimate of drug-likeness (QED) is 0.742. The van der Waals surface area contributed by atoms with Gasteiger partial charge in [0.1, 0.15) is 15.6 Å². The highest BCUT2D eigenvalue weighted by Gasteiger charge is 2.26. The molecule has 0 radical (unpaired) electrons. The lowest BCUT2D eigenvalue weighted by atomic mass is 10.0. The lowest BCUT2D eigenvalue weighted by Crippen LogP contribution is -2.21. The van der Waals surface area contributed by atoms with Crippen molar-refractivity contribution in [2.24, 2.45) is 0 Å². The van der Waals surface area contributed by atoms with Crippen molar-refractivity contribution in [3.05, 3.63) is 17.3 Å². The molecule has 0 aromatic carbocycles. The average Bonchev–Trinajstić information content (AvgIpc) is 2.52. The summed E-state index contributed by atoms with van der Waals surface area (Å²) < 4.78 is 27.5. The van der Waals surface area contributed by atoms with Gasteiger partial charge in [-0.3, -0.25) is 0 Å². The number of halogens is 1. The SMILES string of the molecule is O=S1(=O)CCC(c2cnc(Cl)o2)CC1. The number of sulfone groups is 1. The van der Waals surface area contributed by atoms with Gasteiger partial charge in [0.05, 0.1) is 17.7 Å². The predicted octanol–water partition coefficient (Wildman–Crippen LogP) is 1.62. The Balaban J connectivity index is 2.09. The van der Waals surface area contributed by atoms with Crippen molar-refractivity contribution in [3.63, 3.8) is 0 Å². The highest BCUT2D eigenvalue weighted by molar-refractivity contribution is 7.91. The molecule has 1 aromatic rings. The van der Waals surface area contributed by atoms with E-state index in [0.717, 1.165) is 0 Å². The molecule has 78 valence electrons. The molecule has 0 amide bonds. The lowest BCUT2D eigenvalue weighted by molar-refractivity contribution is 0.437. The maximum atomic E-state index is 11.2. The molecule has 1 aromatic heterocycles. The van der Waals surface area contributed by atoms with Gasteiger partial charge in [-0.05, 0) is 24.4 Å². The summed E-state index contributed by atoms with van der Waals surface area (Å²) in [6, 6.07) is 0. The monoisotopic (exact) mass is 235 g/mol. The van der Waals surface area contributed by atoms with E-state index in [4.69, 9.17) is 16.0 Å². The summed E-state index contributed by atoms with van der Waals surface area (Å²) in [5.74, 6) is 1.31. The number of nitrogens with zero attached hydrogens (tertiary/aromatic N) is 1. The van der Waals surface area contributed by atoms with Crippen molar-refractivity contribution in [2.75, 3.05) is 11.5 Å². The zero-order valence-electron chi connectivity index (χ0n) is 7.44. The molecule has 0 spiro atoms. The van der Waals surface area contributed by atoms with Gasteiger partial charge in [0, 0.05) is 5.92 Å². The first-order valence-electron chi connectivity index (χ1n) is 4.38. The number of aromatic nitrogens is 1. The zero-order chi connectivity index (χ0) is 10.2. The summed E-state index contributed by atoms with van der Waals surface area (Å²) in [6.07, 6.45) is 2.78. The number of hydrogen-bond acceptors (Lipinski definition) is 4. The highest BCUT2D eigenvalue weighted by atomic mass is 35.5. The predicted molar refractivity (Wildman–Crippen MR) is 52.1 cm³/mol.